The topological polar surface area (TPSA) is 79.0 Å². The van der Waals surface area contributed by atoms with Crippen molar-refractivity contribution in [1.82, 2.24) is 8.61 Å². The zero-order chi connectivity index (χ0) is 20.1. The molecule has 0 aliphatic carbocycles. The number of halogens is 1. The molecule has 0 saturated carbocycles. The number of nitrogens with one attached hydrogen (secondary N) is 1. The molecule has 1 amide bonds. The lowest BCUT2D eigenvalue weighted by Crippen LogP contribution is -2.51. The number of amides is 1. The molecule has 0 unspecified atom stereocenters. The monoisotopic (exact) mass is 407 g/mol. The van der Waals surface area contributed by atoms with Crippen LogP contribution in [0.25, 0.3) is 0 Å². The van der Waals surface area contributed by atoms with Crippen LogP contribution in [0.2, 0.25) is 0 Å². The van der Waals surface area contributed by atoms with Gasteiger partial charge in [-0.15, -0.1) is 0 Å². The number of carbonyl (C=O) groups is 1. The van der Waals surface area contributed by atoms with Gasteiger partial charge in [-0.25, -0.2) is 4.39 Å². The van der Waals surface area contributed by atoms with Crippen LogP contribution in [-0.4, -0.2) is 49.7 Å². The number of carbonyl (C=O) groups excluding carboxylic acids is 1. The van der Waals surface area contributed by atoms with Gasteiger partial charge in [-0.1, -0.05) is 24.3 Å². The van der Waals surface area contributed by atoms with Gasteiger partial charge in [0.1, 0.15) is 11.6 Å². The quantitative estimate of drug-likeness (QED) is 0.797. The minimum Gasteiger partial charge on any atom is -0.497 e. The molecular formula is C19H22FN3O4S. The van der Waals surface area contributed by atoms with E-state index in [1.54, 1.807) is 31.4 Å². The molecule has 0 bridgehead atoms. The van der Waals surface area contributed by atoms with E-state index in [1.807, 2.05) is 6.07 Å². The van der Waals surface area contributed by atoms with Crippen LogP contribution in [-0.2, 0) is 21.5 Å². The summed E-state index contributed by atoms with van der Waals surface area (Å²) in [6.07, 6.45) is 0.593. The Morgan fingerprint density at radius 2 is 1.89 bits per heavy atom. The highest BCUT2D eigenvalue weighted by Crippen LogP contribution is 2.21. The Hall–Kier alpha value is -2.49. The fourth-order valence-corrected chi connectivity index (χ4v) is 4.66. The number of ether oxygens (including phenoxy) is 1. The number of nitrogens with zero attached hydrogens (tertiary/aromatic N) is 2. The normalized spacial score (nSPS) is 17.2. The second-order valence-electron chi connectivity index (χ2n) is 6.41. The Kier molecular flexibility index (Phi) is 6.28. The summed E-state index contributed by atoms with van der Waals surface area (Å²) in [4.78, 5) is 12.3. The lowest BCUT2D eigenvalue weighted by molar-refractivity contribution is -0.116. The average Bonchev–Trinajstić information content (AvgIpc) is 2.67. The number of anilines is 1. The maximum atomic E-state index is 13.7. The van der Waals surface area contributed by atoms with Crippen LogP contribution in [0.3, 0.4) is 0 Å². The zero-order valence-corrected chi connectivity index (χ0v) is 16.3. The molecule has 1 heterocycles. The van der Waals surface area contributed by atoms with Crippen molar-refractivity contribution in [3.8, 4) is 5.75 Å². The molecule has 2 aromatic carbocycles. The van der Waals surface area contributed by atoms with Crippen molar-refractivity contribution in [2.45, 2.75) is 13.0 Å². The van der Waals surface area contributed by atoms with E-state index in [0.717, 1.165) is 9.87 Å². The molecule has 7 nitrogen and oxygen atoms in total. The minimum absolute atomic E-state index is 0.0233. The number of benzene rings is 2. The van der Waals surface area contributed by atoms with E-state index in [0.29, 0.717) is 18.7 Å². The summed E-state index contributed by atoms with van der Waals surface area (Å²) in [5.74, 6) is -0.512. The smallest absolute Gasteiger partial charge is 0.282 e. The Balaban J connectivity index is 1.68. The Morgan fingerprint density at radius 1 is 1.14 bits per heavy atom. The van der Waals surface area contributed by atoms with Crippen LogP contribution in [0.15, 0.2) is 48.5 Å². The molecule has 0 spiro atoms. The van der Waals surface area contributed by atoms with Crippen LogP contribution in [0, 0.1) is 5.82 Å². The third-order valence-corrected chi connectivity index (χ3v) is 6.36. The molecule has 1 aliphatic rings. The third-order valence-electron chi connectivity index (χ3n) is 4.43. The third kappa shape index (κ3) is 4.67. The van der Waals surface area contributed by atoms with Gasteiger partial charge in [0, 0.05) is 19.6 Å². The predicted molar refractivity (Wildman–Crippen MR) is 104 cm³/mol. The summed E-state index contributed by atoms with van der Waals surface area (Å²) in [7, 11) is -2.26. The van der Waals surface area contributed by atoms with Crippen LogP contribution in [0.4, 0.5) is 10.1 Å². The largest absolute Gasteiger partial charge is 0.497 e. The highest BCUT2D eigenvalue weighted by atomic mass is 32.2. The number of methoxy groups -OCH3 is 1. The highest BCUT2D eigenvalue weighted by Gasteiger charge is 2.34. The summed E-state index contributed by atoms with van der Waals surface area (Å²) in [5, 5.41) is 2.42. The van der Waals surface area contributed by atoms with E-state index >= 15 is 0 Å². The van der Waals surface area contributed by atoms with E-state index in [-0.39, 0.29) is 25.3 Å². The molecule has 1 aliphatic heterocycles. The maximum absolute atomic E-state index is 13.7. The Bertz CT molecular complexity index is 952. The first-order chi connectivity index (χ1) is 13.4. The first-order valence-electron chi connectivity index (χ1n) is 8.82. The molecule has 3 rings (SSSR count). The molecule has 0 atom stereocenters. The fourth-order valence-electron chi connectivity index (χ4n) is 3.03. The summed E-state index contributed by atoms with van der Waals surface area (Å²) in [6.45, 7) is 0.419. The molecule has 2 aromatic rings. The van der Waals surface area contributed by atoms with Crippen LogP contribution in [0.1, 0.15) is 12.0 Å². The number of hydrogen-bond acceptors (Lipinski definition) is 4. The van der Waals surface area contributed by atoms with Gasteiger partial charge >= 0.3 is 0 Å². The van der Waals surface area contributed by atoms with Gasteiger partial charge < -0.3 is 10.1 Å². The summed E-state index contributed by atoms with van der Waals surface area (Å²) in [6, 6.07) is 12.9. The molecule has 1 saturated heterocycles. The summed E-state index contributed by atoms with van der Waals surface area (Å²) < 4.78 is 47.1. The molecule has 150 valence electrons. The summed E-state index contributed by atoms with van der Waals surface area (Å²) in [5.41, 5.74) is 0.815. The molecule has 0 radical (unpaired) electrons. The van der Waals surface area contributed by atoms with Crippen molar-refractivity contribution in [3.05, 3.63) is 59.9 Å². The first-order valence-corrected chi connectivity index (χ1v) is 10.2. The van der Waals surface area contributed by atoms with Crippen LogP contribution in [0.5, 0.6) is 5.75 Å². The van der Waals surface area contributed by atoms with Crippen molar-refractivity contribution >= 4 is 21.8 Å². The Morgan fingerprint density at radius 3 is 2.64 bits per heavy atom. The van der Waals surface area contributed by atoms with Crippen molar-refractivity contribution < 1.29 is 22.3 Å². The lowest BCUT2D eigenvalue weighted by atomic mass is 10.2. The van der Waals surface area contributed by atoms with Gasteiger partial charge in [-0.2, -0.15) is 17.0 Å². The second-order valence-corrected chi connectivity index (χ2v) is 8.34. The van der Waals surface area contributed by atoms with E-state index in [4.69, 9.17) is 4.74 Å². The fraction of sp³-hybridized carbons (Fsp3) is 0.316. The number of para-hydroxylation sites is 1. The maximum Gasteiger partial charge on any atom is 0.282 e. The summed E-state index contributed by atoms with van der Waals surface area (Å²) >= 11 is 0. The highest BCUT2D eigenvalue weighted by molar-refractivity contribution is 7.86. The standard InChI is InChI=1S/C19H22FN3O4S/c1-27-16-7-4-6-15(12-16)13-22-10-5-11-23(28(22,25)26)14-19(24)21-18-9-3-2-8-17(18)20/h2-4,6-9,12H,5,10-11,13-14H2,1H3,(H,21,24). The molecule has 28 heavy (non-hydrogen) atoms. The minimum atomic E-state index is -3.81. The lowest BCUT2D eigenvalue weighted by Gasteiger charge is -2.34. The second kappa shape index (κ2) is 8.68. The van der Waals surface area contributed by atoms with E-state index in [2.05, 4.69) is 5.32 Å². The van der Waals surface area contributed by atoms with E-state index < -0.39 is 21.9 Å². The van der Waals surface area contributed by atoms with Crippen LogP contribution >= 0.6 is 0 Å². The Labute approximate surface area is 163 Å². The number of hydrogen-bond donors (Lipinski definition) is 1. The molecule has 9 heteroatoms. The van der Waals surface area contributed by atoms with Gasteiger partial charge in [-0.3, -0.25) is 4.79 Å². The van der Waals surface area contributed by atoms with Crippen molar-refractivity contribution in [2.24, 2.45) is 0 Å². The number of rotatable bonds is 6. The molecule has 1 fully saturated rings. The van der Waals surface area contributed by atoms with Gasteiger partial charge in [0.05, 0.1) is 19.3 Å². The molecule has 1 N–H and O–H groups in total. The zero-order valence-electron chi connectivity index (χ0n) is 15.5. The van der Waals surface area contributed by atoms with Gasteiger partial charge in [0.15, 0.2) is 0 Å². The molecule has 0 aromatic heterocycles. The van der Waals surface area contributed by atoms with Gasteiger partial charge in [0.25, 0.3) is 10.2 Å². The van der Waals surface area contributed by atoms with Crippen LogP contribution < -0.4 is 10.1 Å². The van der Waals surface area contributed by atoms with Crippen molar-refractivity contribution in [3.63, 3.8) is 0 Å². The first kappa shape index (κ1) is 20.2. The van der Waals surface area contributed by atoms with E-state index in [9.17, 15) is 17.6 Å². The SMILES string of the molecule is COc1cccc(CN2CCCN(CC(=O)Nc3ccccc3F)S2(=O)=O)c1. The van der Waals surface area contributed by atoms with Crippen molar-refractivity contribution in [1.29, 1.82) is 0 Å². The average molecular weight is 407 g/mol. The van der Waals surface area contributed by atoms with Gasteiger partial charge in [0.2, 0.25) is 5.91 Å². The van der Waals surface area contributed by atoms with E-state index in [1.165, 1.54) is 22.5 Å². The van der Waals surface area contributed by atoms with Gasteiger partial charge in [-0.05, 0) is 36.2 Å². The molecular weight excluding hydrogens is 385 g/mol. The predicted octanol–water partition coefficient (Wildman–Crippen LogP) is 2.23. The van der Waals surface area contributed by atoms with Crippen molar-refractivity contribution in [2.75, 3.05) is 32.1 Å².